The van der Waals surface area contributed by atoms with E-state index in [4.69, 9.17) is 27.1 Å². The summed E-state index contributed by atoms with van der Waals surface area (Å²) in [6.45, 7) is 9.29. The van der Waals surface area contributed by atoms with Gasteiger partial charge in [0.25, 0.3) is 0 Å². The number of rotatable bonds is 4. The van der Waals surface area contributed by atoms with Crippen LogP contribution in [0.2, 0.25) is 0 Å². The molecule has 2 aliphatic rings. The molecule has 2 saturated heterocycles. The highest BCUT2D eigenvalue weighted by molar-refractivity contribution is 5.14. The molecule has 0 aromatic carbocycles. The monoisotopic (exact) mass is 318 g/mol. The molecule has 0 radical (unpaired) electrons. The summed E-state index contributed by atoms with van der Waals surface area (Å²) in [7, 11) is 0. The lowest BCUT2D eigenvalue weighted by molar-refractivity contribution is -0.418. The molecule has 0 aliphatic carbocycles. The highest BCUT2D eigenvalue weighted by Crippen LogP contribution is 2.50. The normalized spacial score (nSPS) is 32.8. The van der Waals surface area contributed by atoms with E-state index in [0.29, 0.717) is 13.2 Å². The van der Waals surface area contributed by atoms with Crippen LogP contribution in [0.25, 0.3) is 0 Å². The minimum atomic E-state index is -0.856. The molecule has 2 aliphatic heterocycles. The van der Waals surface area contributed by atoms with Crippen molar-refractivity contribution >= 4 is 0 Å². The van der Waals surface area contributed by atoms with Crippen LogP contribution in [-0.2, 0) is 14.2 Å². The second-order valence-electron chi connectivity index (χ2n) is 7.76. The first-order chi connectivity index (χ1) is 10.7. The van der Waals surface area contributed by atoms with Gasteiger partial charge in [-0.1, -0.05) is 11.8 Å². The van der Waals surface area contributed by atoms with Crippen molar-refractivity contribution in [3.05, 3.63) is 0 Å². The number of terminal acetylenes is 2. The van der Waals surface area contributed by atoms with Crippen molar-refractivity contribution in [2.24, 2.45) is 10.8 Å². The smallest absolute Gasteiger partial charge is 0.187 e. The summed E-state index contributed by atoms with van der Waals surface area (Å²) >= 11 is 0. The summed E-state index contributed by atoms with van der Waals surface area (Å²) in [6, 6.07) is 0. The van der Waals surface area contributed by atoms with Gasteiger partial charge in [-0.15, -0.1) is 12.8 Å². The van der Waals surface area contributed by atoms with Gasteiger partial charge in [-0.05, 0) is 53.4 Å². The molecule has 2 atom stereocenters. The Hall–Kier alpha value is -1.00. The van der Waals surface area contributed by atoms with Crippen LogP contribution in [0.15, 0.2) is 0 Å². The maximum absolute atomic E-state index is 6.69. The molecule has 0 saturated carbocycles. The molecular weight excluding hydrogens is 288 g/mol. The van der Waals surface area contributed by atoms with E-state index >= 15 is 0 Å². The van der Waals surface area contributed by atoms with E-state index in [1.54, 1.807) is 0 Å². The van der Waals surface area contributed by atoms with Crippen LogP contribution in [0, 0.1) is 35.5 Å². The van der Waals surface area contributed by atoms with Crippen LogP contribution in [-0.4, -0.2) is 24.8 Å². The third kappa shape index (κ3) is 3.16. The summed E-state index contributed by atoms with van der Waals surface area (Å²) in [4.78, 5) is 0. The van der Waals surface area contributed by atoms with Gasteiger partial charge in [0, 0.05) is 12.8 Å². The van der Waals surface area contributed by atoms with E-state index in [1.165, 1.54) is 0 Å². The lowest BCUT2D eigenvalue weighted by Crippen LogP contribution is -2.61. The van der Waals surface area contributed by atoms with E-state index in [9.17, 15) is 0 Å². The zero-order chi connectivity index (χ0) is 17.2. The van der Waals surface area contributed by atoms with Crippen molar-refractivity contribution in [3.63, 3.8) is 0 Å². The summed E-state index contributed by atoms with van der Waals surface area (Å²) in [5.41, 5.74) is -1.13. The number of hydrogen-bond donors (Lipinski definition) is 0. The molecule has 0 aromatic heterocycles. The third-order valence-corrected chi connectivity index (χ3v) is 5.43. The molecule has 2 fully saturated rings. The van der Waals surface area contributed by atoms with E-state index in [0.717, 1.165) is 38.5 Å². The van der Waals surface area contributed by atoms with Crippen LogP contribution in [0.4, 0.5) is 0 Å². The van der Waals surface area contributed by atoms with E-state index < -0.39 is 22.4 Å². The van der Waals surface area contributed by atoms with Gasteiger partial charge in [-0.2, -0.15) is 0 Å². The maximum Gasteiger partial charge on any atom is 0.187 e. The molecule has 0 bridgehead atoms. The average molecular weight is 318 g/mol. The Balaban J connectivity index is 2.43. The minimum absolute atomic E-state index is 0.564. The van der Waals surface area contributed by atoms with Crippen LogP contribution in [0.1, 0.15) is 66.2 Å². The largest absolute Gasteiger partial charge is 0.348 e. The van der Waals surface area contributed by atoms with Crippen LogP contribution >= 0.6 is 0 Å². The SMILES string of the molecule is C#CC(C)(C)C1(OC2(C(C)(C)C#C)CCCCO2)CCCCO1. The number of ether oxygens (including phenoxy) is 3. The first kappa shape index (κ1) is 18.3. The van der Waals surface area contributed by atoms with Crippen LogP contribution in [0.5, 0.6) is 0 Å². The zero-order valence-corrected chi connectivity index (χ0v) is 15.0. The fraction of sp³-hybridized carbons (Fsp3) is 0.800. The lowest BCUT2D eigenvalue weighted by atomic mass is 9.76. The molecule has 23 heavy (non-hydrogen) atoms. The molecule has 0 amide bonds. The molecule has 2 heterocycles. The van der Waals surface area contributed by atoms with Crippen molar-refractivity contribution in [1.82, 2.24) is 0 Å². The predicted molar refractivity (Wildman–Crippen MR) is 91.4 cm³/mol. The van der Waals surface area contributed by atoms with Gasteiger partial charge in [0.05, 0.1) is 24.0 Å². The fourth-order valence-corrected chi connectivity index (χ4v) is 3.43. The van der Waals surface area contributed by atoms with E-state index in [1.807, 2.05) is 27.7 Å². The van der Waals surface area contributed by atoms with Crippen molar-refractivity contribution < 1.29 is 14.2 Å². The molecule has 3 heteroatoms. The Morgan fingerprint density at radius 1 is 0.783 bits per heavy atom. The minimum Gasteiger partial charge on any atom is -0.348 e. The molecular formula is C20H30O3. The topological polar surface area (TPSA) is 27.7 Å². The zero-order valence-electron chi connectivity index (χ0n) is 15.0. The Kier molecular flexibility index (Phi) is 5.17. The fourth-order valence-electron chi connectivity index (χ4n) is 3.43. The van der Waals surface area contributed by atoms with Crippen molar-refractivity contribution in [2.75, 3.05) is 13.2 Å². The molecule has 0 aromatic rings. The van der Waals surface area contributed by atoms with Gasteiger partial charge in [0.2, 0.25) is 0 Å². The van der Waals surface area contributed by atoms with Gasteiger partial charge in [0.1, 0.15) is 0 Å². The first-order valence-electron chi connectivity index (χ1n) is 8.68. The van der Waals surface area contributed by atoms with Crippen molar-refractivity contribution in [2.45, 2.75) is 77.8 Å². The Morgan fingerprint density at radius 2 is 1.17 bits per heavy atom. The van der Waals surface area contributed by atoms with Crippen LogP contribution < -0.4 is 0 Å². The summed E-state index contributed by atoms with van der Waals surface area (Å²) in [6.07, 6.45) is 17.3. The highest BCUT2D eigenvalue weighted by Gasteiger charge is 2.58. The van der Waals surface area contributed by atoms with E-state index in [-0.39, 0.29) is 0 Å². The maximum atomic E-state index is 6.69. The predicted octanol–water partition coefficient (Wildman–Crippen LogP) is 4.12. The quantitative estimate of drug-likeness (QED) is 0.730. The standard InChI is InChI=1S/C20H30O3/c1-7-17(3,4)19(13-9-11-15-21-19)23-20(18(5,6)8-2)14-10-12-16-22-20/h1-2H,9-16H2,3-6H3. The Bertz CT molecular complexity index is 446. The van der Waals surface area contributed by atoms with Crippen molar-refractivity contribution in [1.29, 1.82) is 0 Å². The van der Waals surface area contributed by atoms with Gasteiger partial charge in [-0.25, -0.2) is 0 Å². The highest BCUT2D eigenvalue weighted by atomic mass is 16.8. The van der Waals surface area contributed by atoms with Gasteiger partial charge in [0.15, 0.2) is 11.6 Å². The molecule has 2 unspecified atom stereocenters. The molecule has 3 nitrogen and oxygen atoms in total. The summed E-state index contributed by atoms with van der Waals surface area (Å²) in [5.74, 6) is 4.03. The average Bonchev–Trinajstić information content (AvgIpc) is 2.56. The summed E-state index contributed by atoms with van der Waals surface area (Å²) < 4.78 is 19.0. The Morgan fingerprint density at radius 3 is 1.43 bits per heavy atom. The van der Waals surface area contributed by atoms with Gasteiger partial charge < -0.3 is 14.2 Å². The number of hydrogen-bond acceptors (Lipinski definition) is 3. The first-order valence-corrected chi connectivity index (χ1v) is 8.68. The van der Waals surface area contributed by atoms with Gasteiger partial charge in [-0.3, -0.25) is 0 Å². The Labute approximate surface area is 141 Å². The van der Waals surface area contributed by atoms with E-state index in [2.05, 4.69) is 11.8 Å². The third-order valence-electron chi connectivity index (χ3n) is 5.43. The van der Waals surface area contributed by atoms with Crippen molar-refractivity contribution in [3.8, 4) is 24.7 Å². The van der Waals surface area contributed by atoms with Gasteiger partial charge >= 0.3 is 0 Å². The molecule has 0 N–H and O–H groups in total. The second-order valence-corrected chi connectivity index (χ2v) is 7.76. The molecule has 0 spiro atoms. The summed E-state index contributed by atoms with van der Waals surface area (Å²) in [5, 5.41) is 0. The molecule has 2 rings (SSSR count). The van der Waals surface area contributed by atoms with Crippen LogP contribution in [0.3, 0.4) is 0 Å². The molecule has 128 valence electrons. The lowest BCUT2D eigenvalue weighted by Gasteiger charge is -2.54. The second kappa shape index (κ2) is 6.48.